The van der Waals surface area contributed by atoms with Crippen LogP contribution in [0.4, 0.5) is 0 Å². The molecule has 0 bridgehead atoms. The Labute approximate surface area is 93.7 Å². The van der Waals surface area contributed by atoms with Gasteiger partial charge in [0.15, 0.2) is 0 Å². The van der Waals surface area contributed by atoms with Crippen molar-refractivity contribution in [2.45, 2.75) is 20.8 Å². The molecule has 0 unspecified atom stereocenters. The third-order valence-corrected chi connectivity index (χ3v) is 1.71. The molecule has 0 spiro atoms. The zero-order valence-corrected chi connectivity index (χ0v) is 9.13. The van der Waals surface area contributed by atoms with E-state index in [0.29, 0.717) is 0 Å². The average molecular weight is 193 g/mol. The van der Waals surface area contributed by atoms with E-state index in [0.717, 1.165) is 0 Å². The van der Waals surface area contributed by atoms with Crippen LogP contribution < -0.4 is 5.14 Å². The molecule has 1 N–H and O–H groups in total. The van der Waals surface area contributed by atoms with Gasteiger partial charge >= 0.3 is 22.1 Å². The van der Waals surface area contributed by atoms with Crippen LogP contribution in [0.2, 0.25) is 0 Å². The van der Waals surface area contributed by atoms with Gasteiger partial charge in [-0.2, -0.15) is 0 Å². The van der Waals surface area contributed by atoms with Crippen molar-refractivity contribution in [1.29, 1.82) is 0 Å². The molecule has 0 atom stereocenters. The van der Waals surface area contributed by atoms with Crippen molar-refractivity contribution in [3.05, 3.63) is 0 Å². The highest BCUT2D eigenvalue weighted by Crippen LogP contribution is 1.99. The second-order valence-electron chi connectivity index (χ2n) is 2.73. The molecule has 1 heterocycles. The molecule has 0 aliphatic carbocycles. The van der Waals surface area contributed by atoms with E-state index in [1.807, 2.05) is 0 Å². The molecule has 6 heteroatoms. The van der Waals surface area contributed by atoms with Crippen molar-refractivity contribution in [3.63, 3.8) is 0 Å². The summed E-state index contributed by atoms with van der Waals surface area (Å²) in [5, 5.41) is 2.97. The summed E-state index contributed by atoms with van der Waals surface area (Å²) in [5.41, 5.74) is 0. The topological polar surface area (TPSA) is 18.5 Å². The molecule has 0 aromatic rings. The monoisotopic (exact) mass is 193 g/mol. The van der Waals surface area contributed by atoms with E-state index in [-0.39, 0.29) is 6.98 Å². The molecule has 1 aliphatic heterocycles. The third kappa shape index (κ3) is 2.95. The minimum absolute atomic E-state index is 0.142. The third-order valence-electron chi connectivity index (χ3n) is 1.71. The maximum Gasteiger partial charge on any atom is 0.456 e. The smallest absolute Gasteiger partial charge is 0.379 e. The SMILES string of the molecule is CC#CB1N(C#CC)[B]N[B]N1C#CC. The standard InChI is InChI=1S/C9H10B3N3/c1-4-7-12-14(8-5-2)10-13-11-15(12)9-6-3/h13H,1-3H3. The molecule has 0 saturated carbocycles. The highest BCUT2D eigenvalue weighted by atomic mass is 15.2. The Kier molecular flexibility index (Phi) is 4.62. The molecule has 15 heavy (non-hydrogen) atoms. The van der Waals surface area contributed by atoms with Gasteiger partial charge in [0.05, 0.1) is 0 Å². The van der Waals surface area contributed by atoms with E-state index < -0.39 is 0 Å². The maximum atomic E-state index is 3.05. The van der Waals surface area contributed by atoms with Crippen molar-refractivity contribution in [1.82, 2.24) is 14.6 Å². The lowest BCUT2D eigenvalue weighted by Gasteiger charge is -2.33. The molecule has 1 saturated heterocycles. The number of nitrogens with zero attached hydrogens (tertiary/aromatic N) is 2. The first-order chi connectivity index (χ1) is 7.33. The van der Waals surface area contributed by atoms with E-state index in [1.54, 1.807) is 45.3 Å². The maximum absolute atomic E-state index is 3.05. The fourth-order valence-corrected chi connectivity index (χ4v) is 1.18. The minimum atomic E-state index is -0.142. The van der Waals surface area contributed by atoms with Gasteiger partial charge in [0.25, 0.3) is 0 Å². The summed E-state index contributed by atoms with van der Waals surface area (Å²) in [5.74, 6) is 11.6. The lowest BCUT2D eigenvalue weighted by molar-refractivity contribution is 0.788. The molecule has 3 nitrogen and oxygen atoms in total. The van der Waals surface area contributed by atoms with Crippen LogP contribution in [0, 0.1) is 35.7 Å². The van der Waals surface area contributed by atoms with Gasteiger partial charge in [0, 0.05) is 0 Å². The molecule has 0 amide bonds. The number of rotatable bonds is 0. The number of nitrogens with one attached hydrogen (secondary N) is 1. The van der Waals surface area contributed by atoms with Gasteiger partial charge in [0.2, 0.25) is 0 Å². The molecular weight excluding hydrogens is 183 g/mol. The zero-order chi connectivity index (χ0) is 11.1. The van der Waals surface area contributed by atoms with Gasteiger partial charge in [0.1, 0.15) is 0 Å². The first kappa shape index (κ1) is 11.5. The lowest BCUT2D eigenvalue weighted by atomic mass is 9.61. The molecule has 0 aromatic heterocycles. The minimum Gasteiger partial charge on any atom is -0.379 e. The van der Waals surface area contributed by atoms with Crippen LogP contribution in [0.15, 0.2) is 0 Å². The Hall–Kier alpha value is -1.57. The largest absolute Gasteiger partial charge is 0.456 e. The Balaban J connectivity index is 2.89. The fraction of sp³-hybridized carbons (Fsp3) is 0.333. The summed E-state index contributed by atoms with van der Waals surface area (Å²) in [6, 6.07) is 5.88. The Bertz CT molecular complexity index is 362. The van der Waals surface area contributed by atoms with Crippen LogP contribution in [-0.2, 0) is 0 Å². The number of hydrogen-bond donors (Lipinski definition) is 1. The second-order valence-corrected chi connectivity index (χ2v) is 2.73. The predicted molar refractivity (Wildman–Crippen MR) is 64.4 cm³/mol. The van der Waals surface area contributed by atoms with E-state index in [2.05, 4.69) is 40.8 Å². The van der Waals surface area contributed by atoms with Gasteiger partial charge in [-0.25, -0.2) is 0 Å². The summed E-state index contributed by atoms with van der Waals surface area (Å²) < 4.78 is 3.58. The van der Waals surface area contributed by atoms with E-state index >= 15 is 0 Å². The van der Waals surface area contributed by atoms with E-state index in [1.165, 1.54) is 0 Å². The Morgan fingerprint density at radius 3 is 1.87 bits per heavy atom. The van der Waals surface area contributed by atoms with Gasteiger partial charge in [-0.15, -0.1) is 11.7 Å². The quantitative estimate of drug-likeness (QED) is 0.404. The summed E-state index contributed by atoms with van der Waals surface area (Å²) >= 11 is 0. The Morgan fingerprint density at radius 2 is 1.47 bits per heavy atom. The highest BCUT2D eigenvalue weighted by Gasteiger charge is 2.32. The summed E-state index contributed by atoms with van der Waals surface area (Å²) in [7, 11) is 3.55. The van der Waals surface area contributed by atoms with Crippen LogP contribution in [0.25, 0.3) is 0 Å². The second kappa shape index (κ2) is 6.02. The van der Waals surface area contributed by atoms with Crippen LogP contribution in [0.1, 0.15) is 20.8 Å². The van der Waals surface area contributed by atoms with E-state index in [9.17, 15) is 0 Å². The van der Waals surface area contributed by atoms with Crippen molar-refractivity contribution >= 4 is 22.1 Å². The molecular formula is C9H10B3N3. The van der Waals surface area contributed by atoms with Gasteiger partial charge in [-0.05, 0) is 32.9 Å². The highest BCUT2D eigenvalue weighted by molar-refractivity contribution is 6.80. The molecule has 1 aliphatic rings. The summed E-state index contributed by atoms with van der Waals surface area (Å²) in [6.45, 7) is 5.24. The molecule has 1 rings (SSSR count). The van der Waals surface area contributed by atoms with Crippen LogP contribution in [0.5, 0.6) is 0 Å². The van der Waals surface area contributed by atoms with Crippen LogP contribution >= 0.6 is 0 Å². The normalized spacial score (nSPS) is 13.1. The fourth-order valence-electron chi connectivity index (χ4n) is 1.18. The van der Waals surface area contributed by atoms with Crippen molar-refractivity contribution in [2.24, 2.45) is 0 Å². The average Bonchev–Trinajstić information content (AvgIpc) is 2.23. The van der Waals surface area contributed by atoms with Gasteiger partial charge in [-0.3, -0.25) is 0 Å². The van der Waals surface area contributed by atoms with Crippen LogP contribution in [0.3, 0.4) is 0 Å². The van der Waals surface area contributed by atoms with Gasteiger partial charge < -0.3 is 14.6 Å². The lowest BCUT2D eigenvalue weighted by Crippen LogP contribution is -2.63. The van der Waals surface area contributed by atoms with E-state index in [4.69, 9.17) is 0 Å². The molecule has 0 aromatic carbocycles. The molecule has 2 radical (unpaired) electrons. The predicted octanol–water partition coefficient (Wildman–Crippen LogP) is -0.726. The first-order valence-corrected chi connectivity index (χ1v) is 4.60. The molecule has 1 fully saturated rings. The summed E-state index contributed by atoms with van der Waals surface area (Å²) in [4.78, 5) is 0. The van der Waals surface area contributed by atoms with Crippen molar-refractivity contribution in [2.75, 3.05) is 0 Å². The van der Waals surface area contributed by atoms with Crippen molar-refractivity contribution in [3.8, 4) is 35.7 Å². The van der Waals surface area contributed by atoms with Gasteiger partial charge in [-0.1, -0.05) is 11.8 Å². The first-order valence-electron chi connectivity index (χ1n) is 4.60. The number of hydrogen-bond acceptors (Lipinski definition) is 3. The zero-order valence-electron chi connectivity index (χ0n) is 9.13. The van der Waals surface area contributed by atoms with Crippen molar-refractivity contribution < 1.29 is 0 Å². The van der Waals surface area contributed by atoms with Crippen LogP contribution in [-0.4, -0.2) is 31.5 Å². The molecule has 70 valence electrons. The Morgan fingerprint density at radius 1 is 0.933 bits per heavy atom. The summed E-state index contributed by atoms with van der Waals surface area (Å²) in [6.07, 6.45) is 0.